The summed E-state index contributed by atoms with van der Waals surface area (Å²) in [4.78, 5) is 2.28. The number of hydrogen-bond donors (Lipinski definition) is 1. The van der Waals surface area contributed by atoms with Crippen LogP contribution in [-0.2, 0) is 17.7 Å². The van der Waals surface area contributed by atoms with Gasteiger partial charge in [0.25, 0.3) is 0 Å². The van der Waals surface area contributed by atoms with Crippen LogP contribution in [-0.4, -0.2) is 55.1 Å². The molecule has 2 atom stereocenters. The number of benzene rings is 2. The van der Waals surface area contributed by atoms with Gasteiger partial charge in [-0.3, -0.25) is 4.90 Å². The minimum absolute atomic E-state index is 0.140. The molecule has 0 saturated carbocycles. The zero-order valence-corrected chi connectivity index (χ0v) is 14.8. The van der Waals surface area contributed by atoms with Gasteiger partial charge in [0.2, 0.25) is 0 Å². The number of nitrogens with zero attached hydrogens (tertiary/aromatic N) is 1. The van der Waals surface area contributed by atoms with Crippen LogP contribution in [0.1, 0.15) is 11.1 Å². The first-order valence-electron chi connectivity index (χ1n) is 9.21. The van der Waals surface area contributed by atoms with Crippen LogP contribution in [0.2, 0.25) is 0 Å². The topological polar surface area (TPSA) is 51.2 Å². The molecule has 0 aromatic heterocycles. The molecule has 2 aliphatic rings. The van der Waals surface area contributed by atoms with E-state index in [0.717, 1.165) is 31.0 Å². The third kappa shape index (κ3) is 4.18. The summed E-state index contributed by atoms with van der Waals surface area (Å²) in [6.45, 7) is 3.68. The van der Waals surface area contributed by atoms with Crippen molar-refractivity contribution in [2.24, 2.45) is 0 Å². The summed E-state index contributed by atoms with van der Waals surface area (Å²) in [7, 11) is 0. The monoisotopic (exact) mass is 355 g/mol. The number of aliphatic hydroxyl groups is 1. The van der Waals surface area contributed by atoms with E-state index >= 15 is 0 Å². The van der Waals surface area contributed by atoms with Crippen LogP contribution in [0, 0.1) is 0 Å². The van der Waals surface area contributed by atoms with Gasteiger partial charge in [0.05, 0.1) is 19.3 Å². The molecule has 26 heavy (non-hydrogen) atoms. The van der Waals surface area contributed by atoms with Crippen molar-refractivity contribution in [1.82, 2.24) is 4.90 Å². The Balaban J connectivity index is 1.19. The molecule has 2 aromatic rings. The molecule has 2 aliphatic heterocycles. The van der Waals surface area contributed by atoms with Crippen LogP contribution in [0.4, 0.5) is 0 Å². The van der Waals surface area contributed by atoms with E-state index in [1.807, 2.05) is 24.3 Å². The number of β-amino-alcohol motifs (C(OH)–C–C–N with tert-alkyl or cyclic N) is 1. The molecular formula is C21H25NO4. The predicted molar refractivity (Wildman–Crippen MR) is 98.6 cm³/mol. The molecule has 0 bridgehead atoms. The van der Waals surface area contributed by atoms with Gasteiger partial charge in [-0.15, -0.1) is 0 Å². The summed E-state index contributed by atoms with van der Waals surface area (Å²) in [5, 5.41) is 10.3. The van der Waals surface area contributed by atoms with Crippen molar-refractivity contribution in [3.05, 3.63) is 59.7 Å². The molecule has 138 valence electrons. The van der Waals surface area contributed by atoms with Crippen LogP contribution in [0.25, 0.3) is 0 Å². The largest absolute Gasteiger partial charge is 0.486 e. The third-order valence-electron chi connectivity index (χ3n) is 4.86. The summed E-state index contributed by atoms with van der Waals surface area (Å²) < 4.78 is 17.2. The number of aliphatic hydroxyl groups excluding tert-OH is 1. The van der Waals surface area contributed by atoms with Crippen molar-refractivity contribution in [3.63, 3.8) is 0 Å². The molecule has 0 radical (unpaired) electrons. The lowest BCUT2D eigenvalue weighted by atomic mass is 10.00. The molecule has 0 saturated heterocycles. The molecular weight excluding hydrogens is 330 g/mol. The zero-order chi connectivity index (χ0) is 17.8. The highest BCUT2D eigenvalue weighted by Crippen LogP contribution is 2.30. The summed E-state index contributed by atoms with van der Waals surface area (Å²) in [6.07, 6.45) is 0.396. The number of rotatable bonds is 6. The molecule has 0 spiro atoms. The number of fused-ring (bicyclic) bond motifs is 2. The molecule has 4 rings (SSSR count). The second kappa shape index (κ2) is 8.08. The first-order chi connectivity index (χ1) is 12.8. The van der Waals surface area contributed by atoms with E-state index in [-0.39, 0.29) is 6.10 Å². The van der Waals surface area contributed by atoms with Gasteiger partial charge in [0.15, 0.2) is 17.6 Å². The Morgan fingerprint density at radius 3 is 2.73 bits per heavy atom. The van der Waals surface area contributed by atoms with Crippen LogP contribution in [0.5, 0.6) is 11.5 Å². The second-order valence-electron chi connectivity index (χ2n) is 6.94. The molecule has 0 unspecified atom stereocenters. The standard InChI is InChI=1S/C21H25NO4/c23-18(12-22-10-9-16-5-1-2-6-17(16)11-22)13-24-14-19-15-25-20-7-3-4-8-21(20)26-19/h1-8,18-19,23H,9-15H2/t18-,19+/m0/s1. The first kappa shape index (κ1) is 17.3. The maximum atomic E-state index is 10.3. The molecule has 5 nitrogen and oxygen atoms in total. The first-order valence-corrected chi connectivity index (χ1v) is 9.21. The summed E-state index contributed by atoms with van der Waals surface area (Å²) in [5.41, 5.74) is 2.78. The van der Waals surface area contributed by atoms with Crippen molar-refractivity contribution in [2.75, 3.05) is 32.9 Å². The van der Waals surface area contributed by atoms with E-state index in [9.17, 15) is 5.11 Å². The maximum absolute atomic E-state index is 10.3. The highest BCUT2D eigenvalue weighted by molar-refractivity contribution is 5.40. The summed E-state index contributed by atoms with van der Waals surface area (Å²) in [5.74, 6) is 1.52. The lowest BCUT2D eigenvalue weighted by Crippen LogP contribution is -2.39. The van der Waals surface area contributed by atoms with Gasteiger partial charge in [0.1, 0.15) is 6.61 Å². The fourth-order valence-corrected chi connectivity index (χ4v) is 3.54. The Morgan fingerprint density at radius 1 is 1.08 bits per heavy atom. The van der Waals surface area contributed by atoms with Gasteiger partial charge in [0, 0.05) is 19.6 Å². The van der Waals surface area contributed by atoms with Gasteiger partial charge in [-0.25, -0.2) is 0 Å². The van der Waals surface area contributed by atoms with Gasteiger partial charge < -0.3 is 19.3 Å². The van der Waals surface area contributed by atoms with Crippen LogP contribution in [0.3, 0.4) is 0 Å². The van der Waals surface area contributed by atoms with E-state index in [1.165, 1.54) is 11.1 Å². The lowest BCUT2D eigenvalue weighted by molar-refractivity contribution is -0.0298. The quantitative estimate of drug-likeness (QED) is 0.861. The van der Waals surface area contributed by atoms with E-state index < -0.39 is 6.10 Å². The van der Waals surface area contributed by atoms with Crippen LogP contribution in [0.15, 0.2) is 48.5 Å². The fourth-order valence-electron chi connectivity index (χ4n) is 3.54. The number of para-hydroxylation sites is 2. The smallest absolute Gasteiger partial charge is 0.161 e. The Hall–Kier alpha value is -2.08. The van der Waals surface area contributed by atoms with Crippen molar-refractivity contribution >= 4 is 0 Å². The van der Waals surface area contributed by atoms with Crippen molar-refractivity contribution in [2.45, 2.75) is 25.2 Å². The third-order valence-corrected chi connectivity index (χ3v) is 4.86. The van der Waals surface area contributed by atoms with E-state index in [4.69, 9.17) is 14.2 Å². The maximum Gasteiger partial charge on any atom is 0.161 e. The minimum atomic E-state index is -0.503. The van der Waals surface area contributed by atoms with E-state index in [1.54, 1.807) is 0 Å². The molecule has 5 heteroatoms. The van der Waals surface area contributed by atoms with Crippen molar-refractivity contribution in [3.8, 4) is 11.5 Å². The number of ether oxygens (including phenoxy) is 3. The Morgan fingerprint density at radius 2 is 1.85 bits per heavy atom. The normalized spacial score (nSPS) is 20.4. The molecule has 0 aliphatic carbocycles. The Bertz CT molecular complexity index is 735. The number of hydrogen-bond acceptors (Lipinski definition) is 5. The molecule has 0 fully saturated rings. The second-order valence-corrected chi connectivity index (χ2v) is 6.94. The highest BCUT2D eigenvalue weighted by atomic mass is 16.6. The average molecular weight is 355 g/mol. The predicted octanol–water partition coefficient (Wildman–Crippen LogP) is 2.26. The molecule has 1 N–H and O–H groups in total. The van der Waals surface area contributed by atoms with Crippen molar-refractivity contribution < 1.29 is 19.3 Å². The average Bonchev–Trinajstić information content (AvgIpc) is 2.68. The van der Waals surface area contributed by atoms with Gasteiger partial charge in [-0.05, 0) is 29.7 Å². The fraction of sp³-hybridized carbons (Fsp3) is 0.429. The SMILES string of the molecule is O[C@H](COC[C@@H]1COc2ccccc2O1)CN1CCc2ccccc2C1. The Kier molecular flexibility index (Phi) is 5.39. The lowest BCUT2D eigenvalue weighted by Gasteiger charge is -2.30. The van der Waals surface area contributed by atoms with Gasteiger partial charge in [-0.1, -0.05) is 36.4 Å². The summed E-state index contributed by atoms with van der Waals surface area (Å²) >= 11 is 0. The Labute approximate surface area is 154 Å². The van der Waals surface area contributed by atoms with Crippen molar-refractivity contribution in [1.29, 1.82) is 0 Å². The molecule has 2 aromatic carbocycles. The zero-order valence-electron chi connectivity index (χ0n) is 14.8. The molecule has 2 heterocycles. The van der Waals surface area contributed by atoms with Crippen LogP contribution < -0.4 is 9.47 Å². The van der Waals surface area contributed by atoms with Gasteiger partial charge >= 0.3 is 0 Å². The van der Waals surface area contributed by atoms with Gasteiger partial charge in [-0.2, -0.15) is 0 Å². The van der Waals surface area contributed by atoms with E-state index in [0.29, 0.717) is 26.4 Å². The summed E-state index contributed by atoms with van der Waals surface area (Å²) in [6, 6.07) is 16.2. The minimum Gasteiger partial charge on any atom is -0.486 e. The van der Waals surface area contributed by atoms with E-state index in [2.05, 4.69) is 29.2 Å². The molecule has 0 amide bonds. The highest BCUT2D eigenvalue weighted by Gasteiger charge is 2.22. The van der Waals surface area contributed by atoms with Crippen LogP contribution >= 0.6 is 0 Å².